The summed E-state index contributed by atoms with van der Waals surface area (Å²) in [5.74, 6) is 0.131. The van der Waals surface area contributed by atoms with Gasteiger partial charge >= 0.3 is 0 Å². The van der Waals surface area contributed by atoms with E-state index in [9.17, 15) is 4.79 Å². The van der Waals surface area contributed by atoms with Crippen molar-refractivity contribution in [2.75, 3.05) is 19.0 Å². The molecule has 6 nitrogen and oxygen atoms in total. The number of rotatable bonds is 5. The minimum absolute atomic E-state index is 0.0999. The summed E-state index contributed by atoms with van der Waals surface area (Å²) in [6.45, 7) is 6.54. The molecule has 0 aliphatic carbocycles. The number of carbonyl (C=O) groups excluding carboxylic acids is 1. The predicted octanol–water partition coefficient (Wildman–Crippen LogP) is 3.40. The van der Waals surface area contributed by atoms with Crippen molar-refractivity contribution in [2.45, 2.75) is 33.2 Å². The Kier molecular flexibility index (Phi) is 5.17. The summed E-state index contributed by atoms with van der Waals surface area (Å²) in [5.41, 5.74) is 5.29. The van der Waals surface area contributed by atoms with E-state index in [0.29, 0.717) is 12.1 Å². The van der Waals surface area contributed by atoms with Gasteiger partial charge in [-0.05, 0) is 36.6 Å². The van der Waals surface area contributed by atoms with E-state index in [1.165, 1.54) is 0 Å². The summed E-state index contributed by atoms with van der Waals surface area (Å²) in [6, 6.07) is 10.1. The fraction of sp³-hybridized carbons (Fsp3) is 0.381. The van der Waals surface area contributed by atoms with Crippen LogP contribution in [0.3, 0.4) is 0 Å². The zero-order valence-electron chi connectivity index (χ0n) is 16.9. The second-order valence-corrected chi connectivity index (χ2v) is 7.40. The van der Waals surface area contributed by atoms with Gasteiger partial charge < -0.3 is 10.2 Å². The number of pyridine rings is 1. The van der Waals surface area contributed by atoms with E-state index in [4.69, 9.17) is 4.98 Å². The molecule has 0 spiro atoms. The van der Waals surface area contributed by atoms with Crippen molar-refractivity contribution in [3.05, 3.63) is 52.8 Å². The Morgan fingerprint density at radius 3 is 2.48 bits per heavy atom. The highest BCUT2D eigenvalue weighted by Crippen LogP contribution is 2.25. The third kappa shape index (κ3) is 3.79. The molecule has 27 heavy (non-hydrogen) atoms. The van der Waals surface area contributed by atoms with E-state index in [1.807, 2.05) is 58.4 Å². The fourth-order valence-corrected chi connectivity index (χ4v) is 3.13. The largest absolute Gasteiger partial charge is 0.378 e. The number of anilines is 1. The number of aromatic nitrogens is 3. The average molecular weight is 365 g/mol. The van der Waals surface area contributed by atoms with Crippen LogP contribution >= 0.6 is 0 Å². The van der Waals surface area contributed by atoms with Gasteiger partial charge in [-0.25, -0.2) is 4.98 Å². The normalized spacial score (nSPS) is 11.2. The second-order valence-electron chi connectivity index (χ2n) is 7.40. The van der Waals surface area contributed by atoms with Crippen molar-refractivity contribution in [1.29, 1.82) is 0 Å². The highest BCUT2D eigenvalue weighted by Gasteiger charge is 2.19. The first-order chi connectivity index (χ1) is 12.8. The molecule has 3 aromatic rings. The molecule has 142 valence electrons. The third-order valence-electron chi connectivity index (χ3n) is 4.73. The van der Waals surface area contributed by atoms with Crippen LogP contribution < -0.4 is 10.2 Å². The van der Waals surface area contributed by atoms with E-state index < -0.39 is 0 Å². The summed E-state index contributed by atoms with van der Waals surface area (Å²) in [7, 11) is 5.88. The highest BCUT2D eigenvalue weighted by molar-refractivity contribution is 6.06. The Labute approximate surface area is 160 Å². The number of hydrogen-bond donors (Lipinski definition) is 1. The van der Waals surface area contributed by atoms with E-state index >= 15 is 0 Å². The Balaban J connectivity index is 1.88. The van der Waals surface area contributed by atoms with E-state index in [2.05, 4.69) is 29.2 Å². The van der Waals surface area contributed by atoms with Crippen LogP contribution in [-0.2, 0) is 13.6 Å². The summed E-state index contributed by atoms with van der Waals surface area (Å²) < 4.78 is 1.74. The lowest BCUT2D eigenvalue weighted by Crippen LogP contribution is -2.23. The monoisotopic (exact) mass is 365 g/mol. The molecule has 0 atom stereocenters. The van der Waals surface area contributed by atoms with Crippen molar-refractivity contribution in [3.63, 3.8) is 0 Å². The number of fused-ring (bicyclic) bond motifs is 1. The van der Waals surface area contributed by atoms with Crippen LogP contribution in [0.1, 0.15) is 47.1 Å². The van der Waals surface area contributed by atoms with Crippen molar-refractivity contribution in [1.82, 2.24) is 20.1 Å². The zero-order chi connectivity index (χ0) is 19.7. The molecule has 0 saturated heterocycles. The molecule has 0 radical (unpaired) electrons. The van der Waals surface area contributed by atoms with Gasteiger partial charge in [0.25, 0.3) is 5.91 Å². The Bertz CT molecular complexity index is 970. The number of aryl methyl sites for hydroxylation is 2. The second kappa shape index (κ2) is 7.39. The minimum atomic E-state index is -0.0999. The molecule has 3 rings (SSSR count). The summed E-state index contributed by atoms with van der Waals surface area (Å²) in [5, 5.41) is 8.31. The summed E-state index contributed by atoms with van der Waals surface area (Å²) in [4.78, 5) is 19.7. The molecular weight excluding hydrogens is 338 g/mol. The van der Waals surface area contributed by atoms with Gasteiger partial charge in [-0.2, -0.15) is 5.10 Å². The van der Waals surface area contributed by atoms with Gasteiger partial charge in [0.05, 0.1) is 16.6 Å². The molecule has 0 fully saturated rings. The lowest BCUT2D eigenvalue weighted by Gasteiger charge is -2.13. The molecule has 0 aliphatic rings. The number of carbonyl (C=O) groups is 1. The zero-order valence-corrected chi connectivity index (χ0v) is 16.9. The first-order valence-electron chi connectivity index (χ1n) is 9.16. The van der Waals surface area contributed by atoms with Crippen LogP contribution in [0.4, 0.5) is 5.69 Å². The minimum Gasteiger partial charge on any atom is -0.378 e. The van der Waals surface area contributed by atoms with Gasteiger partial charge in [0.1, 0.15) is 0 Å². The molecule has 0 saturated carbocycles. The van der Waals surface area contributed by atoms with Crippen molar-refractivity contribution >= 4 is 22.6 Å². The van der Waals surface area contributed by atoms with Gasteiger partial charge in [-0.15, -0.1) is 0 Å². The number of benzene rings is 1. The molecule has 6 heteroatoms. The maximum absolute atomic E-state index is 13.0. The molecule has 2 heterocycles. The topological polar surface area (TPSA) is 63.1 Å². The van der Waals surface area contributed by atoms with Gasteiger partial charge in [-0.1, -0.05) is 26.0 Å². The van der Waals surface area contributed by atoms with Crippen LogP contribution in [0.25, 0.3) is 11.0 Å². The number of nitrogens with one attached hydrogen (secondary N) is 1. The molecule has 2 aromatic heterocycles. The maximum atomic E-state index is 13.0. The fourth-order valence-electron chi connectivity index (χ4n) is 3.13. The van der Waals surface area contributed by atoms with E-state index in [-0.39, 0.29) is 11.8 Å². The van der Waals surface area contributed by atoms with Crippen LogP contribution in [0, 0.1) is 6.92 Å². The lowest BCUT2D eigenvalue weighted by atomic mass is 10.0. The van der Waals surface area contributed by atoms with Crippen LogP contribution in [0.2, 0.25) is 0 Å². The number of nitrogens with zero attached hydrogens (tertiary/aromatic N) is 4. The first-order valence-corrected chi connectivity index (χ1v) is 9.16. The van der Waals surface area contributed by atoms with Gasteiger partial charge in [0.2, 0.25) is 0 Å². The smallest absolute Gasteiger partial charge is 0.252 e. The quantitative estimate of drug-likeness (QED) is 0.753. The Morgan fingerprint density at radius 2 is 1.89 bits per heavy atom. The van der Waals surface area contributed by atoms with Crippen molar-refractivity contribution in [2.24, 2.45) is 7.05 Å². The first kappa shape index (κ1) is 18.9. The standard InChI is InChI=1S/C21H27N5O/c1-13(2)18-11-17(19-14(3)24-26(6)20(19)23-18)21(27)22-12-15-7-9-16(10-8-15)25(4)5/h7-11,13H,12H2,1-6H3,(H,22,27). The van der Waals surface area contributed by atoms with Crippen LogP contribution in [-0.4, -0.2) is 34.8 Å². The molecule has 0 aliphatic heterocycles. The van der Waals surface area contributed by atoms with Crippen LogP contribution in [0.15, 0.2) is 30.3 Å². The molecular formula is C21H27N5O. The molecule has 0 unspecified atom stereocenters. The van der Waals surface area contributed by atoms with Crippen LogP contribution in [0.5, 0.6) is 0 Å². The number of amides is 1. The predicted molar refractivity (Wildman–Crippen MR) is 109 cm³/mol. The molecule has 0 bridgehead atoms. The van der Waals surface area contributed by atoms with Gasteiger partial charge in [-0.3, -0.25) is 9.48 Å². The maximum Gasteiger partial charge on any atom is 0.252 e. The molecule has 1 N–H and O–H groups in total. The van der Waals surface area contributed by atoms with Gasteiger partial charge in [0, 0.05) is 39.1 Å². The average Bonchev–Trinajstić information content (AvgIpc) is 2.93. The Morgan fingerprint density at radius 1 is 1.22 bits per heavy atom. The van der Waals surface area contributed by atoms with Crippen molar-refractivity contribution < 1.29 is 4.79 Å². The summed E-state index contributed by atoms with van der Waals surface area (Å²) >= 11 is 0. The SMILES string of the molecule is Cc1nn(C)c2nc(C(C)C)cc(C(=O)NCc3ccc(N(C)C)cc3)c12. The van der Waals surface area contributed by atoms with E-state index in [0.717, 1.165) is 33.7 Å². The third-order valence-corrected chi connectivity index (χ3v) is 4.73. The molecule has 1 aromatic carbocycles. The highest BCUT2D eigenvalue weighted by atomic mass is 16.1. The summed E-state index contributed by atoms with van der Waals surface area (Å²) in [6.07, 6.45) is 0. The number of hydrogen-bond acceptors (Lipinski definition) is 4. The van der Waals surface area contributed by atoms with E-state index in [1.54, 1.807) is 4.68 Å². The van der Waals surface area contributed by atoms with Gasteiger partial charge in [0.15, 0.2) is 5.65 Å². The lowest BCUT2D eigenvalue weighted by molar-refractivity contribution is 0.0952. The molecule has 1 amide bonds. The Hall–Kier alpha value is -2.89. The van der Waals surface area contributed by atoms with Crippen molar-refractivity contribution in [3.8, 4) is 0 Å².